The first kappa shape index (κ1) is 15.6. The van der Waals surface area contributed by atoms with Gasteiger partial charge in [0.15, 0.2) is 5.65 Å². The minimum Gasteiger partial charge on any atom is -0.336 e. The highest BCUT2D eigenvalue weighted by atomic mass is 16.2. The van der Waals surface area contributed by atoms with Crippen LogP contribution in [0.2, 0.25) is 0 Å². The highest BCUT2D eigenvalue weighted by Gasteiger charge is 2.31. The van der Waals surface area contributed by atoms with E-state index in [-0.39, 0.29) is 17.6 Å². The molecule has 0 aromatic carbocycles. The molecular weight excluding hydrogens is 318 g/mol. The number of rotatable bonds is 2. The van der Waals surface area contributed by atoms with Gasteiger partial charge >= 0.3 is 5.69 Å². The molecule has 7 heteroatoms. The summed E-state index contributed by atoms with van der Waals surface area (Å²) in [5.74, 6) is -0.0330. The van der Waals surface area contributed by atoms with E-state index in [0.717, 1.165) is 17.6 Å². The quantitative estimate of drug-likeness (QED) is 0.711. The van der Waals surface area contributed by atoms with Crippen molar-refractivity contribution in [3.63, 3.8) is 0 Å². The molecule has 7 nitrogen and oxygen atoms in total. The summed E-state index contributed by atoms with van der Waals surface area (Å²) >= 11 is 0. The fourth-order valence-corrected chi connectivity index (χ4v) is 3.54. The second-order valence-electron chi connectivity index (χ2n) is 6.39. The van der Waals surface area contributed by atoms with Gasteiger partial charge in [-0.2, -0.15) is 0 Å². The fourth-order valence-electron chi connectivity index (χ4n) is 3.54. The van der Waals surface area contributed by atoms with Crippen molar-refractivity contribution in [1.29, 1.82) is 0 Å². The van der Waals surface area contributed by atoms with Gasteiger partial charge in [-0.3, -0.25) is 18.9 Å². The lowest BCUT2D eigenvalue weighted by Gasteiger charge is -2.17. The Labute approximate surface area is 144 Å². The summed E-state index contributed by atoms with van der Waals surface area (Å²) in [4.78, 5) is 35.8. The summed E-state index contributed by atoms with van der Waals surface area (Å²) in [5, 5.41) is 0. The van der Waals surface area contributed by atoms with Crippen molar-refractivity contribution in [3.8, 4) is 0 Å². The summed E-state index contributed by atoms with van der Waals surface area (Å²) in [5.41, 5.74) is 2.73. The molecule has 1 atom stereocenters. The average Bonchev–Trinajstić information content (AvgIpc) is 3.19. The van der Waals surface area contributed by atoms with E-state index in [1.807, 2.05) is 19.1 Å². The number of likely N-dealkylation sites (tertiary alicyclic amines) is 1. The summed E-state index contributed by atoms with van der Waals surface area (Å²) in [6.45, 7) is 2.95. The molecule has 0 radical (unpaired) electrons. The Morgan fingerprint density at radius 2 is 1.96 bits per heavy atom. The maximum absolute atomic E-state index is 12.8. The van der Waals surface area contributed by atoms with E-state index in [4.69, 9.17) is 0 Å². The van der Waals surface area contributed by atoms with Crippen LogP contribution in [-0.4, -0.2) is 43.0 Å². The summed E-state index contributed by atoms with van der Waals surface area (Å²) in [6, 6.07) is 7.21. The van der Waals surface area contributed by atoms with E-state index in [1.54, 1.807) is 45.6 Å². The van der Waals surface area contributed by atoms with E-state index in [2.05, 4.69) is 9.97 Å². The molecule has 1 aliphatic rings. The number of pyridine rings is 2. The Kier molecular flexibility index (Phi) is 3.63. The molecule has 3 aromatic rings. The second kappa shape index (κ2) is 5.84. The number of aryl methyl sites for hydroxylation is 2. The molecule has 1 aliphatic heterocycles. The third-order valence-electron chi connectivity index (χ3n) is 4.90. The van der Waals surface area contributed by atoms with Crippen molar-refractivity contribution in [2.24, 2.45) is 7.05 Å². The first-order valence-corrected chi connectivity index (χ1v) is 8.30. The molecule has 0 N–H and O–H groups in total. The van der Waals surface area contributed by atoms with Gasteiger partial charge in [-0.25, -0.2) is 9.78 Å². The summed E-state index contributed by atoms with van der Waals surface area (Å²) < 4.78 is 3.33. The van der Waals surface area contributed by atoms with Crippen LogP contribution in [0.15, 0.2) is 41.5 Å². The molecule has 0 bridgehead atoms. The van der Waals surface area contributed by atoms with Crippen LogP contribution in [-0.2, 0) is 7.05 Å². The zero-order chi connectivity index (χ0) is 17.6. The number of fused-ring (bicyclic) bond motifs is 1. The van der Waals surface area contributed by atoms with Gasteiger partial charge in [0.25, 0.3) is 5.91 Å². The first-order valence-electron chi connectivity index (χ1n) is 8.30. The van der Waals surface area contributed by atoms with E-state index in [1.165, 1.54) is 0 Å². The van der Waals surface area contributed by atoms with E-state index >= 15 is 0 Å². The Morgan fingerprint density at radius 3 is 2.76 bits per heavy atom. The number of carbonyl (C=O) groups is 1. The number of hydrogen-bond donors (Lipinski definition) is 0. The van der Waals surface area contributed by atoms with Gasteiger partial charge in [0, 0.05) is 38.2 Å². The van der Waals surface area contributed by atoms with Crippen LogP contribution in [0.5, 0.6) is 0 Å². The predicted molar refractivity (Wildman–Crippen MR) is 93.5 cm³/mol. The minimum absolute atomic E-state index is 0.0330. The van der Waals surface area contributed by atoms with Crippen LogP contribution < -0.4 is 5.69 Å². The molecule has 0 aliphatic carbocycles. The fraction of sp³-hybridized carbons (Fsp3) is 0.333. The Hall–Kier alpha value is -2.96. The highest BCUT2D eigenvalue weighted by molar-refractivity contribution is 5.95. The van der Waals surface area contributed by atoms with Crippen LogP contribution in [0.4, 0.5) is 0 Å². The number of nitrogens with zero attached hydrogens (tertiary/aromatic N) is 5. The molecule has 0 spiro atoms. The Bertz CT molecular complexity index is 1020. The maximum Gasteiger partial charge on any atom is 0.330 e. The van der Waals surface area contributed by atoms with E-state index in [0.29, 0.717) is 24.3 Å². The zero-order valence-corrected chi connectivity index (χ0v) is 14.2. The van der Waals surface area contributed by atoms with Gasteiger partial charge < -0.3 is 4.90 Å². The van der Waals surface area contributed by atoms with Crippen molar-refractivity contribution in [1.82, 2.24) is 24.0 Å². The number of aromatic nitrogens is 4. The van der Waals surface area contributed by atoms with Crippen LogP contribution in [0.3, 0.4) is 0 Å². The lowest BCUT2D eigenvalue weighted by atomic mass is 10.2. The van der Waals surface area contributed by atoms with Crippen LogP contribution in [0.1, 0.15) is 28.5 Å². The summed E-state index contributed by atoms with van der Waals surface area (Å²) in [7, 11) is 1.75. The Morgan fingerprint density at radius 1 is 1.20 bits per heavy atom. The molecular formula is C18H19N5O2. The van der Waals surface area contributed by atoms with Crippen LogP contribution >= 0.6 is 0 Å². The third-order valence-corrected chi connectivity index (χ3v) is 4.90. The van der Waals surface area contributed by atoms with Crippen molar-refractivity contribution in [3.05, 3.63) is 58.4 Å². The Balaban J connectivity index is 1.66. The molecule has 4 rings (SSSR count). The smallest absolute Gasteiger partial charge is 0.330 e. The monoisotopic (exact) mass is 337 g/mol. The van der Waals surface area contributed by atoms with Gasteiger partial charge in [-0.15, -0.1) is 0 Å². The molecule has 128 valence electrons. The van der Waals surface area contributed by atoms with Gasteiger partial charge in [-0.05, 0) is 37.6 Å². The van der Waals surface area contributed by atoms with Crippen molar-refractivity contribution >= 4 is 17.1 Å². The number of hydrogen-bond acceptors (Lipinski definition) is 4. The average molecular weight is 337 g/mol. The standard InChI is InChI=1S/C18H19N5O2/c1-12-14(5-3-8-19-12)17(24)22-10-7-13(11-22)23-16-15(6-4-9-20-16)21(2)18(23)25/h3-6,8-9,13H,7,10-11H2,1-2H3/t13-/m1/s1. The minimum atomic E-state index is -0.0921. The lowest BCUT2D eigenvalue weighted by molar-refractivity contribution is 0.0786. The van der Waals surface area contributed by atoms with Crippen LogP contribution in [0, 0.1) is 6.92 Å². The SMILES string of the molecule is Cc1ncccc1C(=O)N1CC[C@@H](n2c(=O)n(C)c3cccnc32)C1. The van der Waals surface area contributed by atoms with E-state index in [9.17, 15) is 9.59 Å². The molecule has 3 aromatic heterocycles. The molecule has 0 unspecified atom stereocenters. The first-order chi connectivity index (χ1) is 12.1. The largest absolute Gasteiger partial charge is 0.336 e. The molecule has 25 heavy (non-hydrogen) atoms. The van der Waals surface area contributed by atoms with Gasteiger partial charge in [0.1, 0.15) is 0 Å². The predicted octanol–water partition coefficient (Wildman–Crippen LogP) is 1.53. The van der Waals surface area contributed by atoms with Gasteiger partial charge in [0.05, 0.1) is 17.1 Å². The molecule has 1 saturated heterocycles. The normalized spacial score (nSPS) is 17.4. The van der Waals surface area contributed by atoms with Crippen LogP contribution in [0.25, 0.3) is 11.2 Å². The third kappa shape index (κ3) is 2.43. The topological polar surface area (TPSA) is 73.0 Å². The summed E-state index contributed by atoms with van der Waals surface area (Å²) in [6.07, 6.45) is 4.11. The second-order valence-corrected chi connectivity index (χ2v) is 6.39. The molecule has 1 fully saturated rings. The maximum atomic E-state index is 12.8. The van der Waals surface area contributed by atoms with Gasteiger partial charge in [0.2, 0.25) is 0 Å². The zero-order valence-electron chi connectivity index (χ0n) is 14.2. The van der Waals surface area contributed by atoms with E-state index < -0.39 is 0 Å². The number of amides is 1. The van der Waals surface area contributed by atoms with Crippen molar-refractivity contribution in [2.75, 3.05) is 13.1 Å². The lowest BCUT2D eigenvalue weighted by Crippen LogP contribution is -2.32. The van der Waals surface area contributed by atoms with Gasteiger partial charge in [-0.1, -0.05) is 0 Å². The molecule has 0 saturated carbocycles. The number of carbonyl (C=O) groups excluding carboxylic acids is 1. The molecule has 4 heterocycles. The molecule has 1 amide bonds. The van der Waals surface area contributed by atoms with Crippen molar-refractivity contribution < 1.29 is 4.79 Å². The highest BCUT2D eigenvalue weighted by Crippen LogP contribution is 2.25. The number of imidazole rings is 1. The van der Waals surface area contributed by atoms with Crippen molar-refractivity contribution in [2.45, 2.75) is 19.4 Å².